The summed E-state index contributed by atoms with van der Waals surface area (Å²) in [6, 6.07) is 29.5. The number of para-hydroxylation sites is 1. The highest BCUT2D eigenvalue weighted by atomic mass is 16.5. The van der Waals surface area contributed by atoms with Crippen molar-refractivity contribution in [3.05, 3.63) is 102 Å². The topological polar surface area (TPSA) is 41.6 Å². The number of hydrogen-bond donors (Lipinski definition) is 1. The lowest BCUT2D eigenvalue weighted by atomic mass is 10.2. The number of likely N-dealkylation sites (N-methyl/N-ethyl adjacent to an activating group) is 1. The third-order valence-electron chi connectivity index (χ3n) is 4.53. The minimum absolute atomic E-state index is 0.0868. The lowest BCUT2D eigenvalue weighted by molar-refractivity contribution is 0.0443. The molecule has 3 aromatic carbocycles. The summed E-state index contributed by atoms with van der Waals surface area (Å²) in [7, 11) is 2.03. The fourth-order valence-corrected chi connectivity index (χ4v) is 2.96. The van der Waals surface area contributed by atoms with Gasteiger partial charge in [0, 0.05) is 31.4 Å². The van der Waals surface area contributed by atoms with E-state index in [2.05, 4.69) is 22.3 Å². The van der Waals surface area contributed by atoms with Crippen LogP contribution in [0.15, 0.2) is 91.0 Å². The molecule has 144 valence electrons. The van der Waals surface area contributed by atoms with Crippen molar-refractivity contribution in [1.29, 1.82) is 0 Å². The van der Waals surface area contributed by atoms with Gasteiger partial charge in [0.1, 0.15) is 0 Å². The Morgan fingerprint density at radius 3 is 2.11 bits per heavy atom. The van der Waals surface area contributed by atoms with Crippen molar-refractivity contribution in [3.63, 3.8) is 0 Å². The number of ether oxygens (including phenoxy) is 1. The van der Waals surface area contributed by atoms with E-state index in [9.17, 15) is 4.79 Å². The van der Waals surface area contributed by atoms with E-state index in [1.807, 2.05) is 85.9 Å². The standard InChI is InChI=1S/C24H26N2O2/c1-26(22-15-9-4-10-16-22)18-23(28-19-20-11-5-2-6-12-20)17-25-24(27)21-13-7-3-8-14-21/h2-16,23H,17-19H2,1H3,(H,25,27). The minimum atomic E-state index is -0.141. The van der Waals surface area contributed by atoms with Gasteiger partial charge in [-0.05, 0) is 29.8 Å². The Balaban J connectivity index is 1.62. The first-order valence-corrected chi connectivity index (χ1v) is 9.47. The fourth-order valence-electron chi connectivity index (χ4n) is 2.96. The quantitative estimate of drug-likeness (QED) is 0.612. The zero-order valence-corrected chi connectivity index (χ0v) is 16.1. The zero-order chi connectivity index (χ0) is 19.6. The van der Waals surface area contributed by atoms with E-state index in [1.54, 1.807) is 0 Å². The van der Waals surface area contributed by atoms with Crippen molar-refractivity contribution in [3.8, 4) is 0 Å². The van der Waals surface area contributed by atoms with E-state index in [1.165, 1.54) is 0 Å². The van der Waals surface area contributed by atoms with Crippen LogP contribution in [0.2, 0.25) is 0 Å². The van der Waals surface area contributed by atoms with Crippen LogP contribution in [0.5, 0.6) is 0 Å². The van der Waals surface area contributed by atoms with Crippen LogP contribution in [-0.2, 0) is 11.3 Å². The van der Waals surface area contributed by atoms with Crippen LogP contribution in [0.25, 0.3) is 0 Å². The average molecular weight is 374 g/mol. The first-order chi connectivity index (χ1) is 13.7. The summed E-state index contributed by atoms with van der Waals surface area (Å²) in [6.45, 7) is 1.62. The van der Waals surface area contributed by atoms with Gasteiger partial charge in [0.2, 0.25) is 0 Å². The molecule has 28 heavy (non-hydrogen) atoms. The summed E-state index contributed by atoms with van der Waals surface area (Å²) in [5, 5.41) is 3.00. The van der Waals surface area contributed by atoms with Crippen LogP contribution in [0.3, 0.4) is 0 Å². The number of amides is 1. The second-order valence-corrected chi connectivity index (χ2v) is 6.71. The average Bonchev–Trinajstić information content (AvgIpc) is 2.77. The molecule has 1 amide bonds. The number of nitrogens with zero attached hydrogens (tertiary/aromatic N) is 1. The molecule has 4 nitrogen and oxygen atoms in total. The first kappa shape index (κ1) is 19.6. The molecule has 0 aromatic heterocycles. The Labute approximate surface area is 166 Å². The molecule has 0 aliphatic rings. The third kappa shape index (κ3) is 5.96. The molecule has 0 saturated heterocycles. The van der Waals surface area contributed by atoms with Gasteiger partial charge in [-0.15, -0.1) is 0 Å². The van der Waals surface area contributed by atoms with E-state index in [-0.39, 0.29) is 12.0 Å². The largest absolute Gasteiger partial charge is 0.372 e. The Morgan fingerprint density at radius 2 is 1.46 bits per heavy atom. The highest BCUT2D eigenvalue weighted by molar-refractivity contribution is 5.94. The van der Waals surface area contributed by atoms with Gasteiger partial charge in [-0.3, -0.25) is 4.79 Å². The van der Waals surface area contributed by atoms with Gasteiger partial charge in [-0.1, -0.05) is 66.7 Å². The number of carbonyl (C=O) groups excluding carboxylic acids is 1. The van der Waals surface area contributed by atoms with Crippen molar-refractivity contribution in [2.75, 3.05) is 25.0 Å². The van der Waals surface area contributed by atoms with Gasteiger partial charge in [0.25, 0.3) is 5.91 Å². The summed E-state index contributed by atoms with van der Waals surface area (Å²) in [5.41, 5.74) is 2.88. The van der Waals surface area contributed by atoms with E-state index in [0.29, 0.717) is 25.3 Å². The number of benzene rings is 3. The normalized spacial score (nSPS) is 11.6. The predicted octanol–water partition coefficient (Wildman–Crippen LogP) is 4.14. The molecule has 1 atom stereocenters. The maximum Gasteiger partial charge on any atom is 0.251 e. The van der Waals surface area contributed by atoms with E-state index < -0.39 is 0 Å². The van der Waals surface area contributed by atoms with Crippen LogP contribution in [-0.4, -0.2) is 32.1 Å². The van der Waals surface area contributed by atoms with Crippen LogP contribution < -0.4 is 10.2 Å². The molecule has 4 heteroatoms. The predicted molar refractivity (Wildman–Crippen MR) is 114 cm³/mol. The Kier molecular flexibility index (Phi) is 7.21. The van der Waals surface area contributed by atoms with Crippen LogP contribution in [0.1, 0.15) is 15.9 Å². The number of nitrogens with one attached hydrogen (secondary N) is 1. The van der Waals surface area contributed by atoms with Gasteiger partial charge < -0.3 is 15.0 Å². The van der Waals surface area contributed by atoms with Crippen LogP contribution in [0.4, 0.5) is 5.69 Å². The van der Waals surface area contributed by atoms with E-state index >= 15 is 0 Å². The monoisotopic (exact) mass is 374 g/mol. The molecular weight excluding hydrogens is 348 g/mol. The molecule has 0 bridgehead atoms. The maximum absolute atomic E-state index is 12.4. The van der Waals surface area contributed by atoms with Crippen molar-refractivity contribution in [1.82, 2.24) is 5.32 Å². The molecule has 0 fully saturated rings. The third-order valence-corrected chi connectivity index (χ3v) is 4.53. The maximum atomic E-state index is 12.4. The lowest BCUT2D eigenvalue weighted by Crippen LogP contribution is -2.40. The van der Waals surface area contributed by atoms with E-state index in [0.717, 1.165) is 11.3 Å². The number of hydrogen-bond acceptors (Lipinski definition) is 3. The number of anilines is 1. The van der Waals surface area contributed by atoms with Gasteiger partial charge in [0.05, 0.1) is 12.7 Å². The van der Waals surface area contributed by atoms with Crippen molar-refractivity contribution >= 4 is 11.6 Å². The molecule has 0 saturated carbocycles. The molecule has 0 radical (unpaired) electrons. The molecule has 1 unspecified atom stereocenters. The van der Waals surface area contributed by atoms with Crippen molar-refractivity contribution in [2.24, 2.45) is 0 Å². The number of rotatable bonds is 9. The van der Waals surface area contributed by atoms with Gasteiger partial charge in [-0.25, -0.2) is 0 Å². The molecule has 0 heterocycles. The van der Waals surface area contributed by atoms with Gasteiger partial charge in [-0.2, -0.15) is 0 Å². The minimum Gasteiger partial charge on any atom is -0.372 e. The summed E-state index contributed by atoms with van der Waals surface area (Å²) >= 11 is 0. The van der Waals surface area contributed by atoms with Gasteiger partial charge >= 0.3 is 0 Å². The fraction of sp³-hybridized carbons (Fsp3) is 0.208. The van der Waals surface area contributed by atoms with Crippen LogP contribution in [0, 0.1) is 0 Å². The number of carbonyl (C=O) groups is 1. The Morgan fingerprint density at radius 1 is 0.893 bits per heavy atom. The second kappa shape index (κ2) is 10.3. The summed E-state index contributed by atoms with van der Waals surface area (Å²) in [4.78, 5) is 14.5. The second-order valence-electron chi connectivity index (χ2n) is 6.71. The summed E-state index contributed by atoms with van der Waals surface area (Å²) in [6.07, 6.45) is -0.141. The smallest absolute Gasteiger partial charge is 0.251 e. The first-order valence-electron chi connectivity index (χ1n) is 9.47. The molecule has 0 aliphatic heterocycles. The summed E-state index contributed by atoms with van der Waals surface area (Å²) in [5.74, 6) is -0.0868. The van der Waals surface area contributed by atoms with Gasteiger partial charge in [0.15, 0.2) is 0 Å². The highest BCUT2D eigenvalue weighted by Crippen LogP contribution is 2.13. The molecule has 0 aliphatic carbocycles. The Bertz CT molecular complexity index is 838. The Hall–Kier alpha value is -3.11. The molecule has 3 aromatic rings. The summed E-state index contributed by atoms with van der Waals surface area (Å²) < 4.78 is 6.15. The molecule has 0 spiro atoms. The zero-order valence-electron chi connectivity index (χ0n) is 16.1. The molecule has 3 rings (SSSR count). The van der Waals surface area contributed by atoms with Crippen molar-refractivity contribution in [2.45, 2.75) is 12.7 Å². The van der Waals surface area contributed by atoms with Crippen molar-refractivity contribution < 1.29 is 9.53 Å². The highest BCUT2D eigenvalue weighted by Gasteiger charge is 2.15. The SMILES string of the molecule is CN(CC(CNC(=O)c1ccccc1)OCc1ccccc1)c1ccccc1. The van der Waals surface area contributed by atoms with E-state index in [4.69, 9.17) is 4.74 Å². The molecule has 1 N–H and O–H groups in total. The molecular formula is C24H26N2O2. The van der Waals surface area contributed by atoms with Crippen LogP contribution >= 0.6 is 0 Å². The lowest BCUT2D eigenvalue weighted by Gasteiger charge is -2.26.